The van der Waals surface area contributed by atoms with E-state index in [-0.39, 0.29) is 23.1 Å². The summed E-state index contributed by atoms with van der Waals surface area (Å²) in [5, 5.41) is 22.9. The normalized spacial score (nSPS) is 21.9. The minimum absolute atomic E-state index is 0.115. The fraction of sp³-hybridized carbons (Fsp3) is 0.500. The van der Waals surface area contributed by atoms with Crippen LogP contribution >= 0.6 is 0 Å². The van der Waals surface area contributed by atoms with Crippen molar-refractivity contribution >= 4 is 11.5 Å². The van der Waals surface area contributed by atoms with Crippen molar-refractivity contribution in [1.29, 1.82) is 5.26 Å². The van der Waals surface area contributed by atoms with Crippen LogP contribution in [0.4, 0.5) is 11.5 Å². The van der Waals surface area contributed by atoms with Crippen LogP contribution in [0.2, 0.25) is 0 Å². The summed E-state index contributed by atoms with van der Waals surface area (Å²) in [5.74, 6) is 0.534. The molecule has 1 heterocycles. The van der Waals surface area contributed by atoms with Gasteiger partial charge in [-0.15, -0.1) is 0 Å². The van der Waals surface area contributed by atoms with Crippen LogP contribution in [0.5, 0.6) is 0 Å². The molecule has 0 aromatic carbocycles. The maximum atomic E-state index is 11.0. The third kappa shape index (κ3) is 2.80. The average Bonchev–Trinajstić information content (AvgIpc) is 2.86. The second-order valence-electron chi connectivity index (χ2n) is 4.64. The van der Waals surface area contributed by atoms with Gasteiger partial charge >= 0.3 is 5.69 Å². The molecule has 100 valence electrons. The molecule has 2 unspecified atom stereocenters. The molecule has 1 aromatic rings. The van der Waals surface area contributed by atoms with Crippen LogP contribution in [0, 0.1) is 27.4 Å². The Bertz CT molecular complexity index is 525. The summed E-state index contributed by atoms with van der Waals surface area (Å²) in [5.41, 5.74) is 5.70. The molecule has 1 aromatic heterocycles. The second kappa shape index (κ2) is 5.63. The highest BCUT2D eigenvalue weighted by Gasteiger charge is 2.28. The molecule has 0 saturated heterocycles. The summed E-state index contributed by atoms with van der Waals surface area (Å²) >= 11 is 0. The van der Waals surface area contributed by atoms with E-state index in [0.717, 1.165) is 19.3 Å². The Hall–Kier alpha value is -2.20. The maximum Gasteiger partial charge on any atom is 0.312 e. The zero-order chi connectivity index (χ0) is 13.8. The van der Waals surface area contributed by atoms with Crippen LogP contribution in [0.3, 0.4) is 0 Å². The van der Waals surface area contributed by atoms with Gasteiger partial charge in [0.05, 0.1) is 10.5 Å². The van der Waals surface area contributed by atoms with Crippen molar-refractivity contribution in [3.05, 3.63) is 27.9 Å². The number of nitro groups is 1. The summed E-state index contributed by atoms with van der Waals surface area (Å²) in [4.78, 5) is 14.5. The van der Waals surface area contributed by atoms with Crippen molar-refractivity contribution < 1.29 is 4.92 Å². The summed E-state index contributed by atoms with van der Waals surface area (Å²) in [6, 6.07) is 3.20. The lowest BCUT2D eigenvalue weighted by molar-refractivity contribution is -0.384. The third-order valence-corrected chi connectivity index (χ3v) is 3.48. The van der Waals surface area contributed by atoms with E-state index in [1.54, 1.807) is 0 Å². The van der Waals surface area contributed by atoms with E-state index in [1.165, 1.54) is 12.3 Å². The van der Waals surface area contributed by atoms with E-state index in [0.29, 0.717) is 12.5 Å². The Labute approximate surface area is 110 Å². The minimum atomic E-state index is -0.525. The number of nitrogens with two attached hydrogens (primary N) is 1. The second-order valence-corrected chi connectivity index (χ2v) is 4.64. The molecule has 0 radical (unpaired) electrons. The van der Waals surface area contributed by atoms with Gasteiger partial charge in [-0.3, -0.25) is 10.1 Å². The number of rotatable bonds is 4. The zero-order valence-corrected chi connectivity index (χ0v) is 10.4. The largest absolute Gasteiger partial charge is 0.361 e. The van der Waals surface area contributed by atoms with Crippen LogP contribution in [0.1, 0.15) is 24.8 Å². The lowest BCUT2D eigenvalue weighted by atomic mass is 10.0. The van der Waals surface area contributed by atoms with Crippen molar-refractivity contribution in [3.8, 4) is 6.07 Å². The van der Waals surface area contributed by atoms with Crippen molar-refractivity contribution in [3.63, 3.8) is 0 Å². The van der Waals surface area contributed by atoms with E-state index in [4.69, 9.17) is 11.0 Å². The van der Waals surface area contributed by atoms with E-state index in [9.17, 15) is 10.1 Å². The lowest BCUT2D eigenvalue weighted by Crippen LogP contribution is -2.30. The molecule has 1 saturated carbocycles. The van der Waals surface area contributed by atoms with Crippen molar-refractivity contribution in [1.82, 2.24) is 4.98 Å². The molecular weight excluding hydrogens is 246 g/mol. The smallest absolute Gasteiger partial charge is 0.312 e. The molecule has 19 heavy (non-hydrogen) atoms. The van der Waals surface area contributed by atoms with Gasteiger partial charge in [0.25, 0.3) is 0 Å². The molecular formula is C12H15N5O2. The van der Waals surface area contributed by atoms with Crippen molar-refractivity contribution in [2.45, 2.75) is 25.3 Å². The van der Waals surface area contributed by atoms with Crippen LogP contribution in [0.25, 0.3) is 0 Å². The number of pyridine rings is 1. The Morgan fingerprint density at radius 1 is 1.63 bits per heavy atom. The van der Waals surface area contributed by atoms with E-state index >= 15 is 0 Å². The van der Waals surface area contributed by atoms with Gasteiger partial charge in [0.1, 0.15) is 6.07 Å². The molecule has 1 aliphatic carbocycles. The maximum absolute atomic E-state index is 11.0. The summed E-state index contributed by atoms with van der Waals surface area (Å²) in [6.45, 7) is 0.557. The van der Waals surface area contributed by atoms with Gasteiger partial charge in [0, 0.05) is 18.3 Å². The van der Waals surface area contributed by atoms with E-state index in [2.05, 4.69) is 10.3 Å². The number of aromatic nitrogens is 1. The number of nitrogens with zero attached hydrogens (tertiary/aromatic N) is 3. The molecule has 2 atom stereocenters. The van der Waals surface area contributed by atoms with Gasteiger partial charge < -0.3 is 11.1 Å². The van der Waals surface area contributed by atoms with Crippen LogP contribution < -0.4 is 11.1 Å². The Kier molecular flexibility index (Phi) is 3.92. The van der Waals surface area contributed by atoms with Gasteiger partial charge in [-0.05, 0) is 25.3 Å². The van der Waals surface area contributed by atoms with Crippen LogP contribution in [0.15, 0.2) is 12.3 Å². The molecule has 3 N–H and O–H groups in total. The zero-order valence-electron chi connectivity index (χ0n) is 10.4. The third-order valence-electron chi connectivity index (χ3n) is 3.48. The van der Waals surface area contributed by atoms with Gasteiger partial charge in [-0.25, -0.2) is 4.98 Å². The summed E-state index contributed by atoms with van der Waals surface area (Å²) in [7, 11) is 0. The predicted octanol–water partition coefficient (Wildman–Crippen LogP) is 1.40. The Morgan fingerprint density at radius 3 is 3.05 bits per heavy atom. The highest BCUT2D eigenvalue weighted by Crippen LogP contribution is 2.30. The first-order valence-electron chi connectivity index (χ1n) is 6.17. The molecule has 7 heteroatoms. The molecule has 1 fully saturated rings. The van der Waals surface area contributed by atoms with Crippen molar-refractivity contribution in [2.75, 3.05) is 11.9 Å². The molecule has 0 bridgehead atoms. The monoisotopic (exact) mass is 261 g/mol. The van der Waals surface area contributed by atoms with E-state index < -0.39 is 4.92 Å². The van der Waals surface area contributed by atoms with E-state index in [1.807, 2.05) is 6.07 Å². The first-order valence-corrected chi connectivity index (χ1v) is 6.17. The van der Waals surface area contributed by atoms with Crippen LogP contribution in [-0.4, -0.2) is 22.5 Å². The van der Waals surface area contributed by atoms with Gasteiger partial charge in [0.2, 0.25) is 5.82 Å². The summed E-state index contributed by atoms with van der Waals surface area (Å²) in [6.07, 6.45) is 4.35. The van der Waals surface area contributed by atoms with Gasteiger partial charge in [-0.2, -0.15) is 5.26 Å². The minimum Gasteiger partial charge on any atom is -0.361 e. The first kappa shape index (κ1) is 13.2. The standard InChI is InChI=1S/C12H15N5O2/c13-5-8-4-11(17(18)19)12(15-7-8)16-10-3-1-2-9(10)6-14/h4,7,9-10H,1-3,6,14H2,(H,15,16). The van der Waals surface area contributed by atoms with Gasteiger partial charge in [-0.1, -0.05) is 6.42 Å². The highest BCUT2D eigenvalue weighted by atomic mass is 16.6. The topological polar surface area (TPSA) is 118 Å². The SMILES string of the molecule is N#Cc1cnc(NC2CCCC2CN)c([N+](=O)[O-])c1. The molecule has 2 rings (SSSR count). The number of hydrogen-bond acceptors (Lipinski definition) is 6. The summed E-state index contributed by atoms with van der Waals surface area (Å²) < 4.78 is 0. The van der Waals surface area contributed by atoms with Crippen molar-refractivity contribution in [2.24, 2.45) is 11.7 Å². The molecule has 0 spiro atoms. The quantitative estimate of drug-likeness (QED) is 0.624. The molecule has 1 aliphatic rings. The molecule has 7 nitrogen and oxygen atoms in total. The fourth-order valence-electron chi connectivity index (χ4n) is 2.45. The molecule has 0 aliphatic heterocycles. The highest BCUT2D eigenvalue weighted by molar-refractivity contribution is 5.58. The lowest BCUT2D eigenvalue weighted by Gasteiger charge is -2.19. The Morgan fingerprint density at radius 2 is 2.42 bits per heavy atom. The Balaban J connectivity index is 2.25. The first-order chi connectivity index (χ1) is 9.15. The fourth-order valence-corrected chi connectivity index (χ4v) is 2.45. The van der Waals surface area contributed by atoms with Crippen LogP contribution in [-0.2, 0) is 0 Å². The predicted molar refractivity (Wildman–Crippen MR) is 69.4 cm³/mol. The number of nitrogens with one attached hydrogen (secondary N) is 1. The average molecular weight is 261 g/mol. The number of nitriles is 1. The number of hydrogen-bond donors (Lipinski definition) is 2. The van der Waals surface area contributed by atoms with Gasteiger partial charge in [0.15, 0.2) is 0 Å². The molecule has 0 amide bonds. The number of anilines is 1.